The number of aromatic nitrogens is 2. The molecule has 1 saturated heterocycles. The van der Waals surface area contributed by atoms with E-state index in [1.54, 1.807) is 17.0 Å². The summed E-state index contributed by atoms with van der Waals surface area (Å²) in [6.07, 6.45) is 1.03. The van der Waals surface area contributed by atoms with Gasteiger partial charge in [-0.05, 0) is 12.1 Å². The van der Waals surface area contributed by atoms with Crippen molar-refractivity contribution in [2.45, 2.75) is 6.42 Å². The SMILES string of the molecule is COc1ccccc1N1CCN(C(=O)Cc2c[nH]c(=O)[nH]c2=O)CC1=O. The number of carbonyl (C=O) groups is 2. The van der Waals surface area contributed by atoms with E-state index >= 15 is 0 Å². The fraction of sp³-hybridized carbons (Fsp3) is 0.294. The molecule has 0 saturated carbocycles. The minimum absolute atomic E-state index is 0.0852. The summed E-state index contributed by atoms with van der Waals surface area (Å²) in [6.45, 7) is 0.578. The molecule has 2 N–H and O–H groups in total. The van der Waals surface area contributed by atoms with E-state index in [1.165, 1.54) is 18.2 Å². The van der Waals surface area contributed by atoms with Crippen LogP contribution in [0.5, 0.6) is 5.75 Å². The third-order valence-electron chi connectivity index (χ3n) is 4.19. The monoisotopic (exact) mass is 358 g/mol. The van der Waals surface area contributed by atoms with E-state index in [2.05, 4.69) is 9.97 Å². The average molecular weight is 358 g/mol. The van der Waals surface area contributed by atoms with Crippen LogP contribution in [0.4, 0.5) is 5.69 Å². The van der Waals surface area contributed by atoms with E-state index in [4.69, 9.17) is 4.74 Å². The maximum absolute atomic E-state index is 12.5. The Labute approximate surface area is 148 Å². The number of hydrogen-bond donors (Lipinski definition) is 2. The van der Waals surface area contributed by atoms with Crippen LogP contribution >= 0.6 is 0 Å². The van der Waals surface area contributed by atoms with Crippen molar-refractivity contribution in [1.29, 1.82) is 0 Å². The third-order valence-corrected chi connectivity index (χ3v) is 4.19. The first kappa shape index (κ1) is 17.5. The highest BCUT2D eigenvalue weighted by Gasteiger charge is 2.29. The van der Waals surface area contributed by atoms with Gasteiger partial charge in [-0.3, -0.25) is 19.4 Å². The summed E-state index contributed by atoms with van der Waals surface area (Å²) in [4.78, 5) is 55.0. The molecule has 3 rings (SSSR count). The summed E-state index contributed by atoms with van der Waals surface area (Å²) >= 11 is 0. The fourth-order valence-corrected chi connectivity index (χ4v) is 2.84. The van der Waals surface area contributed by atoms with Crippen molar-refractivity contribution < 1.29 is 14.3 Å². The van der Waals surface area contributed by atoms with Crippen LogP contribution in [-0.4, -0.2) is 53.4 Å². The van der Waals surface area contributed by atoms with Gasteiger partial charge in [-0.25, -0.2) is 4.79 Å². The maximum atomic E-state index is 12.5. The van der Waals surface area contributed by atoms with E-state index in [-0.39, 0.29) is 30.3 Å². The van der Waals surface area contributed by atoms with Gasteiger partial charge in [0.15, 0.2) is 0 Å². The van der Waals surface area contributed by atoms with E-state index in [9.17, 15) is 19.2 Å². The molecule has 1 aliphatic heterocycles. The van der Waals surface area contributed by atoms with Gasteiger partial charge >= 0.3 is 5.69 Å². The summed E-state index contributed by atoms with van der Waals surface area (Å²) < 4.78 is 5.28. The zero-order valence-electron chi connectivity index (χ0n) is 14.2. The normalized spacial score (nSPS) is 14.4. The van der Waals surface area contributed by atoms with Crippen LogP contribution < -0.4 is 20.9 Å². The summed E-state index contributed by atoms with van der Waals surface area (Å²) in [5.74, 6) is 0.000420. The van der Waals surface area contributed by atoms with Crippen molar-refractivity contribution in [3.63, 3.8) is 0 Å². The lowest BCUT2D eigenvalue weighted by molar-refractivity contribution is -0.136. The lowest BCUT2D eigenvalue weighted by Crippen LogP contribution is -2.53. The molecule has 9 heteroatoms. The molecular formula is C17H18N4O5. The largest absolute Gasteiger partial charge is 0.495 e. The van der Waals surface area contributed by atoms with E-state index < -0.39 is 11.2 Å². The Morgan fingerprint density at radius 2 is 1.96 bits per heavy atom. The number of methoxy groups -OCH3 is 1. The summed E-state index contributed by atoms with van der Waals surface area (Å²) in [6, 6.07) is 7.18. The number of rotatable bonds is 4. The highest BCUT2D eigenvalue weighted by Crippen LogP contribution is 2.28. The predicted octanol–water partition coefficient (Wildman–Crippen LogP) is -0.510. The number of anilines is 1. The number of benzene rings is 1. The van der Waals surface area contributed by atoms with Gasteiger partial charge in [0, 0.05) is 24.8 Å². The average Bonchev–Trinajstić information content (AvgIpc) is 2.64. The molecule has 1 aromatic heterocycles. The number of amides is 2. The Morgan fingerprint density at radius 3 is 2.65 bits per heavy atom. The second-order valence-corrected chi connectivity index (χ2v) is 5.81. The summed E-state index contributed by atoms with van der Waals surface area (Å²) in [5, 5.41) is 0. The second kappa shape index (κ2) is 7.26. The number of H-pyrrole nitrogens is 2. The quantitative estimate of drug-likeness (QED) is 0.764. The van der Waals surface area contributed by atoms with Crippen molar-refractivity contribution in [1.82, 2.24) is 14.9 Å². The lowest BCUT2D eigenvalue weighted by atomic mass is 10.2. The minimum atomic E-state index is -0.633. The topological polar surface area (TPSA) is 116 Å². The molecule has 0 radical (unpaired) electrons. The number of nitrogens with zero attached hydrogens (tertiary/aromatic N) is 2. The number of piperazine rings is 1. The third kappa shape index (κ3) is 3.51. The van der Waals surface area contributed by atoms with Crippen molar-refractivity contribution in [3.8, 4) is 5.75 Å². The summed E-state index contributed by atoms with van der Waals surface area (Å²) in [5.41, 5.74) is -0.439. The van der Waals surface area contributed by atoms with Gasteiger partial charge in [0.1, 0.15) is 12.3 Å². The molecule has 2 heterocycles. The Hall–Kier alpha value is -3.36. The number of carbonyl (C=O) groups excluding carboxylic acids is 2. The number of aromatic amines is 2. The molecule has 0 bridgehead atoms. The fourth-order valence-electron chi connectivity index (χ4n) is 2.84. The summed E-state index contributed by atoms with van der Waals surface area (Å²) in [7, 11) is 1.53. The van der Waals surface area contributed by atoms with E-state index in [0.717, 1.165) is 0 Å². The Balaban J connectivity index is 1.70. The number of ether oxygens (including phenoxy) is 1. The van der Waals surface area contributed by atoms with Gasteiger partial charge in [-0.1, -0.05) is 12.1 Å². The van der Waals surface area contributed by atoms with Gasteiger partial charge in [0.05, 0.1) is 19.2 Å². The highest BCUT2D eigenvalue weighted by molar-refractivity contribution is 5.99. The van der Waals surface area contributed by atoms with Gasteiger partial charge in [0.2, 0.25) is 11.8 Å². The molecule has 1 fully saturated rings. The highest BCUT2D eigenvalue weighted by atomic mass is 16.5. The van der Waals surface area contributed by atoms with Crippen LogP contribution in [0.3, 0.4) is 0 Å². The van der Waals surface area contributed by atoms with Gasteiger partial charge in [-0.15, -0.1) is 0 Å². The Morgan fingerprint density at radius 1 is 1.19 bits per heavy atom. The number of nitrogens with one attached hydrogen (secondary N) is 2. The van der Waals surface area contributed by atoms with Gasteiger partial charge < -0.3 is 19.5 Å². The van der Waals surface area contributed by atoms with Crippen LogP contribution in [0.2, 0.25) is 0 Å². The van der Waals surface area contributed by atoms with Gasteiger partial charge in [-0.2, -0.15) is 0 Å². The first-order valence-corrected chi connectivity index (χ1v) is 8.01. The molecule has 9 nitrogen and oxygen atoms in total. The molecule has 2 aromatic rings. The zero-order valence-corrected chi connectivity index (χ0v) is 14.2. The van der Waals surface area contributed by atoms with Crippen molar-refractivity contribution >= 4 is 17.5 Å². The standard InChI is InChI=1S/C17H18N4O5/c1-26-13-5-3-2-4-12(13)21-7-6-20(10-15(21)23)14(22)8-11-9-18-17(25)19-16(11)24/h2-5,9H,6-8,10H2,1H3,(H2,18,19,24,25). The molecule has 1 aliphatic rings. The first-order chi connectivity index (χ1) is 12.5. The molecule has 0 spiro atoms. The minimum Gasteiger partial charge on any atom is -0.495 e. The number of para-hydroxylation sites is 2. The van der Waals surface area contributed by atoms with Crippen LogP contribution in [0.15, 0.2) is 40.1 Å². The molecule has 0 atom stereocenters. The van der Waals surface area contributed by atoms with Gasteiger partial charge in [0.25, 0.3) is 5.56 Å². The van der Waals surface area contributed by atoms with Crippen LogP contribution in [0, 0.1) is 0 Å². The molecule has 0 aliphatic carbocycles. The van der Waals surface area contributed by atoms with Crippen LogP contribution in [-0.2, 0) is 16.0 Å². The molecular weight excluding hydrogens is 340 g/mol. The second-order valence-electron chi connectivity index (χ2n) is 5.81. The Kier molecular flexibility index (Phi) is 4.87. The molecule has 1 aromatic carbocycles. The van der Waals surface area contributed by atoms with Crippen LogP contribution in [0.1, 0.15) is 5.56 Å². The van der Waals surface area contributed by atoms with Crippen molar-refractivity contribution in [3.05, 3.63) is 56.9 Å². The Bertz CT molecular complexity index is 948. The maximum Gasteiger partial charge on any atom is 0.325 e. The van der Waals surface area contributed by atoms with E-state index in [1.807, 2.05) is 12.1 Å². The lowest BCUT2D eigenvalue weighted by Gasteiger charge is -2.34. The zero-order chi connectivity index (χ0) is 18.7. The molecule has 2 amide bonds. The predicted molar refractivity (Wildman–Crippen MR) is 93.3 cm³/mol. The van der Waals surface area contributed by atoms with Crippen molar-refractivity contribution in [2.24, 2.45) is 0 Å². The molecule has 26 heavy (non-hydrogen) atoms. The molecule has 136 valence electrons. The first-order valence-electron chi connectivity index (χ1n) is 8.01. The van der Waals surface area contributed by atoms with Crippen molar-refractivity contribution in [2.75, 3.05) is 31.6 Å². The van der Waals surface area contributed by atoms with E-state index in [0.29, 0.717) is 24.5 Å². The van der Waals surface area contributed by atoms with Crippen LogP contribution in [0.25, 0.3) is 0 Å². The molecule has 0 unspecified atom stereocenters. The smallest absolute Gasteiger partial charge is 0.325 e. The number of hydrogen-bond acceptors (Lipinski definition) is 5.